The molecule has 136 valence electrons. The van der Waals surface area contributed by atoms with E-state index < -0.39 is 18.0 Å². The SMILES string of the molecule is CCCc1ccc(N2CC(C(=O)NCC(OC)C(=O)O)CC2=O)cc1. The third-order valence-corrected chi connectivity index (χ3v) is 4.30. The third kappa shape index (κ3) is 4.79. The van der Waals surface area contributed by atoms with Crippen LogP contribution in [-0.2, 0) is 25.5 Å². The van der Waals surface area contributed by atoms with Gasteiger partial charge in [-0.15, -0.1) is 0 Å². The van der Waals surface area contributed by atoms with Crippen molar-refractivity contribution < 1.29 is 24.2 Å². The Kier molecular flexibility index (Phi) is 6.52. The summed E-state index contributed by atoms with van der Waals surface area (Å²) in [5, 5.41) is 11.5. The summed E-state index contributed by atoms with van der Waals surface area (Å²) >= 11 is 0. The average Bonchev–Trinajstić information content (AvgIpc) is 2.98. The second kappa shape index (κ2) is 8.62. The standard InChI is InChI=1S/C18H24N2O5/c1-3-4-12-5-7-14(8-6-12)20-11-13(9-16(20)21)17(22)19-10-15(25-2)18(23)24/h5-8,13,15H,3-4,9-11H2,1-2H3,(H,19,22)(H,23,24). The third-order valence-electron chi connectivity index (χ3n) is 4.30. The number of carboxylic acids is 1. The van der Waals surface area contributed by atoms with Crippen LogP contribution in [0.5, 0.6) is 0 Å². The molecule has 1 heterocycles. The van der Waals surface area contributed by atoms with Gasteiger partial charge in [-0.05, 0) is 24.1 Å². The van der Waals surface area contributed by atoms with Gasteiger partial charge in [-0.2, -0.15) is 0 Å². The van der Waals surface area contributed by atoms with Gasteiger partial charge in [0.15, 0.2) is 6.10 Å². The molecule has 2 atom stereocenters. The number of aryl methyl sites for hydroxylation is 1. The summed E-state index contributed by atoms with van der Waals surface area (Å²) in [7, 11) is 1.27. The fourth-order valence-electron chi connectivity index (χ4n) is 2.87. The highest BCUT2D eigenvalue weighted by Gasteiger charge is 2.35. The highest BCUT2D eigenvalue weighted by atomic mass is 16.5. The normalized spacial score (nSPS) is 18.2. The van der Waals surface area contributed by atoms with E-state index in [0.717, 1.165) is 18.5 Å². The zero-order chi connectivity index (χ0) is 18.4. The van der Waals surface area contributed by atoms with Crippen LogP contribution in [0.1, 0.15) is 25.3 Å². The zero-order valence-electron chi connectivity index (χ0n) is 14.5. The first kappa shape index (κ1) is 18.9. The minimum absolute atomic E-state index is 0.107. The maximum atomic E-state index is 12.2. The first-order chi connectivity index (χ1) is 12.0. The Balaban J connectivity index is 1.94. The number of ether oxygens (including phenoxy) is 1. The lowest BCUT2D eigenvalue weighted by atomic mass is 10.1. The van der Waals surface area contributed by atoms with Gasteiger partial charge < -0.3 is 20.1 Å². The fourth-order valence-corrected chi connectivity index (χ4v) is 2.87. The summed E-state index contributed by atoms with van der Waals surface area (Å²) in [5.74, 6) is -2.07. The van der Waals surface area contributed by atoms with Gasteiger partial charge in [-0.25, -0.2) is 4.79 Å². The van der Waals surface area contributed by atoms with Crippen LogP contribution in [0.3, 0.4) is 0 Å². The highest BCUT2D eigenvalue weighted by Crippen LogP contribution is 2.25. The lowest BCUT2D eigenvalue weighted by Crippen LogP contribution is -2.41. The van der Waals surface area contributed by atoms with Crippen molar-refractivity contribution in [2.24, 2.45) is 5.92 Å². The second-order valence-corrected chi connectivity index (χ2v) is 6.13. The first-order valence-corrected chi connectivity index (χ1v) is 8.38. The number of methoxy groups -OCH3 is 1. The molecule has 2 unspecified atom stereocenters. The average molecular weight is 348 g/mol. The molecule has 1 saturated heterocycles. The van der Waals surface area contributed by atoms with Crippen molar-refractivity contribution in [2.45, 2.75) is 32.3 Å². The van der Waals surface area contributed by atoms with E-state index in [0.29, 0.717) is 6.54 Å². The highest BCUT2D eigenvalue weighted by molar-refractivity contribution is 6.00. The molecule has 1 aromatic rings. The van der Waals surface area contributed by atoms with E-state index in [-0.39, 0.29) is 24.8 Å². The van der Waals surface area contributed by atoms with Gasteiger partial charge in [0.1, 0.15) is 0 Å². The molecule has 0 bridgehead atoms. The number of anilines is 1. The van der Waals surface area contributed by atoms with E-state index in [1.54, 1.807) is 4.90 Å². The van der Waals surface area contributed by atoms with Crippen molar-refractivity contribution in [1.82, 2.24) is 5.32 Å². The van der Waals surface area contributed by atoms with Gasteiger partial charge in [0, 0.05) is 25.8 Å². The predicted octanol–water partition coefficient (Wildman–Crippen LogP) is 1.21. The number of nitrogens with zero attached hydrogens (tertiary/aromatic N) is 1. The van der Waals surface area contributed by atoms with Crippen LogP contribution in [0.2, 0.25) is 0 Å². The van der Waals surface area contributed by atoms with Crippen molar-refractivity contribution >= 4 is 23.5 Å². The number of hydrogen-bond donors (Lipinski definition) is 2. The smallest absolute Gasteiger partial charge is 0.334 e. The number of benzene rings is 1. The van der Waals surface area contributed by atoms with Gasteiger partial charge >= 0.3 is 5.97 Å². The molecular formula is C18H24N2O5. The Morgan fingerprint density at radius 3 is 2.60 bits per heavy atom. The van der Waals surface area contributed by atoms with Gasteiger partial charge in [0.05, 0.1) is 12.5 Å². The maximum absolute atomic E-state index is 12.2. The molecule has 25 heavy (non-hydrogen) atoms. The number of hydrogen-bond acceptors (Lipinski definition) is 4. The summed E-state index contributed by atoms with van der Waals surface area (Å²) in [6.07, 6.45) is 1.07. The van der Waals surface area contributed by atoms with Crippen LogP contribution in [-0.4, -0.2) is 49.2 Å². The van der Waals surface area contributed by atoms with E-state index in [4.69, 9.17) is 9.84 Å². The summed E-state index contributed by atoms with van der Waals surface area (Å²) in [4.78, 5) is 36.9. The number of rotatable bonds is 8. The Hall–Kier alpha value is -2.41. The molecule has 0 aliphatic carbocycles. The molecule has 7 nitrogen and oxygen atoms in total. The molecule has 7 heteroatoms. The molecular weight excluding hydrogens is 324 g/mol. The summed E-state index contributed by atoms with van der Waals surface area (Å²) in [6.45, 7) is 2.28. The topological polar surface area (TPSA) is 95.9 Å². The molecule has 1 aliphatic heterocycles. The number of amides is 2. The van der Waals surface area contributed by atoms with Crippen molar-refractivity contribution in [3.63, 3.8) is 0 Å². The predicted molar refractivity (Wildman–Crippen MR) is 92.3 cm³/mol. The van der Waals surface area contributed by atoms with Gasteiger partial charge in [-0.1, -0.05) is 25.5 Å². The minimum atomic E-state index is -1.14. The van der Waals surface area contributed by atoms with Crippen LogP contribution in [0.15, 0.2) is 24.3 Å². The van der Waals surface area contributed by atoms with Crippen molar-refractivity contribution in [1.29, 1.82) is 0 Å². The molecule has 2 amide bonds. The Morgan fingerprint density at radius 2 is 2.04 bits per heavy atom. The number of carboxylic acid groups (broad SMARTS) is 1. The lowest BCUT2D eigenvalue weighted by Gasteiger charge is -2.17. The molecule has 0 saturated carbocycles. The first-order valence-electron chi connectivity index (χ1n) is 8.38. The van der Waals surface area contributed by atoms with E-state index in [9.17, 15) is 14.4 Å². The van der Waals surface area contributed by atoms with E-state index in [2.05, 4.69) is 12.2 Å². The largest absolute Gasteiger partial charge is 0.479 e. The Morgan fingerprint density at radius 1 is 1.36 bits per heavy atom. The van der Waals surface area contributed by atoms with Crippen LogP contribution in [0.25, 0.3) is 0 Å². The number of carbonyl (C=O) groups is 3. The van der Waals surface area contributed by atoms with E-state index in [1.165, 1.54) is 12.7 Å². The monoisotopic (exact) mass is 348 g/mol. The van der Waals surface area contributed by atoms with Gasteiger partial charge in [0.2, 0.25) is 11.8 Å². The minimum Gasteiger partial charge on any atom is -0.479 e. The van der Waals surface area contributed by atoms with Crippen LogP contribution < -0.4 is 10.2 Å². The maximum Gasteiger partial charge on any atom is 0.334 e. The lowest BCUT2D eigenvalue weighted by molar-refractivity contribution is -0.148. The number of aliphatic carboxylic acids is 1. The second-order valence-electron chi connectivity index (χ2n) is 6.13. The van der Waals surface area contributed by atoms with Crippen molar-refractivity contribution in [2.75, 3.05) is 25.1 Å². The van der Waals surface area contributed by atoms with Crippen LogP contribution >= 0.6 is 0 Å². The quantitative estimate of drug-likeness (QED) is 0.736. The summed E-state index contributed by atoms with van der Waals surface area (Å²) in [5.41, 5.74) is 1.99. The van der Waals surface area contributed by atoms with E-state index in [1.807, 2.05) is 24.3 Å². The van der Waals surface area contributed by atoms with Gasteiger partial charge in [-0.3, -0.25) is 9.59 Å². The van der Waals surface area contributed by atoms with Crippen LogP contribution in [0, 0.1) is 5.92 Å². The number of nitrogens with one attached hydrogen (secondary N) is 1. The molecule has 0 aromatic heterocycles. The molecule has 1 fully saturated rings. The molecule has 1 aliphatic rings. The molecule has 0 radical (unpaired) electrons. The number of carbonyl (C=O) groups excluding carboxylic acids is 2. The molecule has 2 N–H and O–H groups in total. The summed E-state index contributed by atoms with van der Waals surface area (Å²) < 4.78 is 4.78. The zero-order valence-corrected chi connectivity index (χ0v) is 14.5. The van der Waals surface area contributed by atoms with Crippen molar-refractivity contribution in [3.8, 4) is 0 Å². The molecule has 1 aromatic carbocycles. The Bertz CT molecular complexity index is 629. The van der Waals surface area contributed by atoms with Crippen LogP contribution in [0.4, 0.5) is 5.69 Å². The molecule has 0 spiro atoms. The molecule has 2 rings (SSSR count). The summed E-state index contributed by atoms with van der Waals surface area (Å²) in [6, 6.07) is 7.79. The fraction of sp³-hybridized carbons (Fsp3) is 0.500. The van der Waals surface area contributed by atoms with E-state index >= 15 is 0 Å². The Labute approximate surface area is 147 Å². The van der Waals surface area contributed by atoms with Gasteiger partial charge in [0.25, 0.3) is 0 Å². The van der Waals surface area contributed by atoms with Crippen molar-refractivity contribution in [3.05, 3.63) is 29.8 Å².